The molecule has 6 aromatic carbocycles. The standard InChI is InChI=1S/C26H29N3S.C25H30N2.C24H24ClN3S.C19H23N3O2/c1-17-13-21-23-16-28(4)10-8-24(23)29(11-7-20-6-5-19(3)27-15-20)25(21)22(14-17)26-18(2)9-12-30-26;1-18-7-10-24-22(15-18)23-17-26(2)13-12-25(23)27(24)14-11-19-8-9-20-5-3-4-6-21(20)16-19;1-16-3-8-22-19(13-16)20-14-27(2)11-9-23(20)28(22)12-10-24-26-21(15-29-24)17-4-6-18(25)7-5-17;1-13-4-5-16-14(10-13)15-11-21(3)8-6-17(15)22(16)12-19(2,23)18-20-7-9-24-18/h5-6,9,12-15H,7-8,10-11,16H2,1-4H3;7-10,15-16H,3-6,11-14,17H2,1-2H3;3-8,13,15H,9-12,14H2,1-2H3;4-5,7,9-10,23H,6,8,11-12H2,1-3H3. The molecule has 1 N–H and O–H groups in total. The Morgan fingerprint density at radius 3 is 1.57 bits per heavy atom. The second-order valence-corrected chi connectivity index (χ2v) is 34.8. The van der Waals surface area contributed by atoms with E-state index >= 15 is 0 Å². The van der Waals surface area contributed by atoms with Crippen LogP contribution in [0.25, 0.3) is 65.3 Å². The normalized spacial score (nSPS) is 15.8. The van der Waals surface area contributed by atoms with Crippen LogP contribution in [0.2, 0.25) is 5.02 Å². The average molecular weight is 1520 g/mol. The zero-order valence-electron chi connectivity index (χ0n) is 66.2. The van der Waals surface area contributed by atoms with Crippen molar-refractivity contribution in [1.82, 2.24) is 52.8 Å². The third-order valence-electron chi connectivity index (χ3n) is 23.8. The van der Waals surface area contributed by atoms with Gasteiger partial charge in [-0.25, -0.2) is 9.97 Å². The van der Waals surface area contributed by atoms with E-state index in [1.807, 2.05) is 48.7 Å². The van der Waals surface area contributed by atoms with Gasteiger partial charge in [0.25, 0.3) is 0 Å². The van der Waals surface area contributed by atoms with E-state index in [0.29, 0.717) is 12.4 Å². The summed E-state index contributed by atoms with van der Waals surface area (Å²) in [5.74, 6) is 0.359. The predicted molar refractivity (Wildman–Crippen MR) is 457 cm³/mol. The number of pyridine rings is 1. The van der Waals surface area contributed by atoms with Crippen LogP contribution in [0.5, 0.6) is 0 Å². The van der Waals surface area contributed by atoms with Crippen LogP contribution >= 0.6 is 34.3 Å². The van der Waals surface area contributed by atoms with E-state index in [4.69, 9.17) is 21.0 Å². The molecule has 14 aromatic rings. The van der Waals surface area contributed by atoms with E-state index in [9.17, 15) is 5.11 Å². The van der Waals surface area contributed by atoms with Crippen LogP contribution in [0.3, 0.4) is 0 Å². The van der Waals surface area contributed by atoms with Gasteiger partial charge in [0.2, 0.25) is 5.89 Å². The molecule has 0 amide bonds. The van der Waals surface area contributed by atoms with Gasteiger partial charge in [-0.1, -0.05) is 82.9 Å². The highest BCUT2D eigenvalue weighted by Gasteiger charge is 2.34. The average Bonchev–Trinajstić information content (AvgIpc) is 1.59. The Morgan fingerprint density at radius 1 is 0.500 bits per heavy atom. The van der Waals surface area contributed by atoms with Gasteiger partial charge in [-0.05, 0) is 249 Å². The van der Waals surface area contributed by atoms with E-state index in [2.05, 4.69) is 225 Å². The first-order valence-electron chi connectivity index (χ1n) is 39.8. The van der Waals surface area contributed by atoms with Crippen molar-refractivity contribution in [2.75, 3.05) is 54.4 Å². The number of thiazole rings is 1. The number of nitrogens with zero attached hydrogens (tertiary/aromatic N) is 11. The van der Waals surface area contributed by atoms with Gasteiger partial charge in [0.05, 0.1) is 29.0 Å². The largest absolute Gasteiger partial charge is 0.446 e. The minimum absolute atomic E-state index is 0.359. The first-order valence-corrected chi connectivity index (χ1v) is 42.0. The Hall–Kier alpha value is -8.74. The molecule has 1 unspecified atom stereocenters. The highest BCUT2D eigenvalue weighted by molar-refractivity contribution is 7.13. The molecule has 110 heavy (non-hydrogen) atoms. The molecule has 0 spiro atoms. The van der Waals surface area contributed by atoms with Gasteiger partial charge in [-0.15, -0.1) is 22.7 Å². The summed E-state index contributed by atoms with van der Waals surface area (Å²) in [7, 11) is 8.86. The Kier molecular flexibility index (Phi) is 22.0. The number of aliphatic hydroxyl groups is 1. The first kappa shape index (κ1) is 75.3. The van der Waals surface area contributed by atoms with Crippen LogP contribution in [0.4, 0.5) is 0 Å². The summed E-state index contributed by atoms with van der Waals surface area (Å²) in [6.45, 7) is 26.9. The van der Waals surface area contributed by atoms with Crippen LogP contribution in [-0.2, 0) is 116 Å². The van der Waals surface area contributed by atoms with Crippen molar-refractivity contribution in [2.24, 2.45) is 0 Å². The summed E-state index contributed by atoms with van der Waals surface area (Å²) >= 11 is 9.63. The maximum atomic E-state index is 10.9. The molecule has 1 atom stereocenters. The molecule has 1 aliphatic carbocycles. The molecule has 12 heterocycles. The predicted octanol–water partition coefficient (Wildman–Crippen LogP) is 19.8. The van der Waals surface area contributed by atoms with Crippen molar-refractivity contribution in [3.8, 4) is 21.7 Å². The van der Waals surface area contributed by atoms with Crippen LogP contribution in [0.15, 0.2) is 161 Å². The lowest BCUT2D eigenvalue weighted by molar-refractivity contribution is 0.0115. The van der Waals surface area contributed by atoms with E-state index < -0.39 is 5.60 Å². The Balaban J connectivity index is 0.000000112. The minimum Gasteiger partial charge on any atom is -0.446 e. The summed E-state index contributed by atoms with van der Waals surface area (Å²) in [4.78, 5) is 24.6. The number of halogens is 1. The molecule has 0 fully saturated rings. The van der Waals surface area contributed by atoms with Crippen molar-refractivity contribution < 1.29 is 9.52 Å². The van der Waals surface area contributed by atoms with Gasteiger partial charge in [0.15, 0.2) is 5.60 Å². The van der Waals surface area contributed by atoms with Crippen molar-refractivity contribution in [3.63, 3.8) is 0 Å². The Bertz CT molecular complexity index is 5650. The number of benzene rings is 6. The molecule has 0 saturated heterocycles. The second kappa shape index (κ2) is 32.2. The topological polar surface area (TPSA) is 105 Å². The maximum Gasteiger partial charge on any atom is 0.227 e. The Labute approximate surface area is 662 Å². The molecule has 16 heteroatoms. The van der Waals surface area contributed by atoms with Gasteiger partial charge >= 0.3 is 0 Å². The lowest BCUT2D eigenvalue weighted by atomic mass is 9.90. The monoisotopic (exact) mass is 1520 g/mol. The molecule has 8 aromatic heterocycles. The number of hydrogen-bond acceptors (Lipinski definition) is 11. The van der Waals surface area contributed by atoms with Crippen LogP contribution < -0.4 is 0 Å². The summed E-state index contributed by atoms with van der Waals surface area (Å²) in [6.07, 6.45) is 17.9. The van der Waals surface area contributed by atoms with Crippen molar-refractivity contribution >= 4 is 77.9 Å². The Morgan fingerprint density at radius 2 is 1.02 bits per heavy atom. The molecule has 5 aliphatic rings. The van der Waals surface area contributed by atoms with Crippen LogP contribution in [0.1, 0.15) is 131 Å². The van der Waals surface area contributed by atoms with E-state index in [1.54, 1.807) is 46.8 Å². The zero-order valence-corrected chi connectivity index (χ0v) is 68.6. The molecule has 0 radical (unpaired) electrons. The third kappa shape index (κ3) is 15.8. The lowest BCUT2D eigenvalue weighted by Crippen LogP contribution is -2.31. The molecule has 568 valence electrons. The van der Waals surface area contributed by atoms with Crippen LogP contribution in [-0.4, -0.2) is 112 Å². The molecule has 13 nitrogen and oxygen atoms in total. The third-order valence-corrected chi connectivity index (χ3v) is 26.0. The summed E-state index contributed by atoms with van der Waals surface area (Å²) in [5.41, 5.74) is 33.5. The number of likely N-dealkylation sites (N-methyl/N-ethyl adjacent to an activating group) is 4. The number of aromatic nitrogens is 7. The fourth-order valence-corrected chi connectivity index (χ4v) is 19.9. The molecular weight excluding hydrogens is 1410 g/mol. The maximum absolute atomic E-state index is 10.9. The summed E-state index contributed by atoms with van der Waals surface area (Å²) in [5, 5.41) is 22.9. The van der Waals surface area contributed by atoms with E-state index in [1.165, 1.54) is 177 Å². The van der Waals surface area contributed by atoms with Gasteiger partial charge in [0.1, 0.15) is 6.26 Å². The van der Waals surface area contributed by atoms with Crippen molar-refractivity contribution in [3.05, 3.63) is 274 Å². The number of rotatable bonds is 14. The molecule has 4 aliphatic heterocycles. The second-order valence-electron chi connectivity index (χ2n) is 32.5. The number of fused-ring (bicyclic) bond motifs is 13. The lowest BCUT2D eigenvalue weighted by Gasteiger charge is -2.27. The van der Waals surface area contributed by atoms with Gasteiger partial charge in [0, 0.05) is 203 Å². The number of hydrogen-bond donors (Lipinski definition) is 1. The molecule has 0 bridgehead atoms. The minimum atomic E-state index is -1.14. The SMILES string of the molecule is Cc1cc(-c2sccc2C)c2c(c1)c1c(n2CCc2ccc(C)nc2)CCN(C)C1.Cc1ccc2c(c1)c1c(n2CC(C)(O)c2ncco2)CCN(C)C1.Cc1ccc2c(c1)c1c(n2CCc2ccc3c(c2)CCCC3)CCN(C)C1.Cc1ccc2c(c1)c1c(n2CCc2nc(-c3ccc(Cl)cc3)cs2)CCN(C)C1. The highest BCUT2D eigenvalue weighted by Crippen LogP contribution is 2.42. The number of aryl methyl sites for hydroxylation is 14. The fourth-order valence-electron chi connectivity index (χ4n) is 18.0. The smallest absolute Gasteiger partial charge is 0.227 e. The van der Waals surface area contributed by atoms with Crippen molar-refractivity contribution in [2.45, 2.75) is 177 Å². The molecule has 19 rings (SSSR count). The summed E-state index contributed by atoms with van der Waals surface area (Å²) in [6, 6.07) is 47.0. The highest BCUT2D eigenvalue weighted by atomic mass is 35.5. The zero-order chi connectivity index (χ0) is 76.1. The number of oxazole rings is 1. The van der Waals surface area contributed by atoms with Crippen LogP contribution in [0, 0.1) is 41.5 Å². The summed E-state index contributed by atoms with van der Waals surface area (Å²) < 4.78 is 15.4. The van der Waals surface area contributed by atoms with E-state index in [-0.39, 0.29) is 0 Å². The fraction of sp³-hybridized carbons (Fsp3) is 0.372. The van der Waals surface area contributed by atoms with Crippen molar-refractivity contribution in [1.29, 1.82) is 0 Å². The number of thiophene rings is 1. The van der Waals surface area contributed by atoms with Gasteiger partial charge in [-0.2, -0.15) is 0 Å². The quantitative estimate of drug-likeness (QED) is 0.114. The molecular formula is C94H106ClN11O2S2. The first-order chi connectivity index (χ1) is 53.2. The van der Waals surface area contributed by atoms with E-state index in [0.717, 1.165) is 126 Å². The molecule has 0 saturated carbocycles. The van der Waals surface area contributed by atoms with Gasteiger partial charge < -0.3 is 47.4 Å². The van der Waals surface area contributed by atoms with Gasteiger partial charge in [-0.3, -0.25) is 4.98 Å².